The lowest BCUT2D eigenvalue weighted by Gasteiger charge is -2.25. The highest BCUT2D eigenvalue weighted by molar-refractivity contribution is 5.67. The van der Waals surface area contributed by atoms with Crippen LogP contribution in [0.25, 0.3) is 11.3 Å². The summed E-state index contributed by atoms with van der Waals surface area (Å²) in [6, 6.07) is 8.79. The smallest absolute Gasteiger partial charge is 0.130 e. The first-order valence-corrected chi connectivity index (χ1v) is 6.99. The molecule has 98 valence electrons. The SMILES string of the molecule is CCc1c(N)ncnc1-c1ccc(C2CCC2)cc1. The zero-order valence-corrected chi connectivity index (χ0v) is 11.3. The largest absolute Gasteiger partial charge is 0.383 e. The summed E-state index contributed by atoms with van der Waals surface area (Å²) < 4.78 is 0. The van der Waals surface area contributed by atoms with E-state index in [2.05, 4.69) is 41.2 Å². The molecule has 3 heteroatoms. The summed E-state index contributed by atoms with van der Waals surface area (Å²) in [5.41, 5.74) is 10.5. The van der Waals surface area contributed by atoms with E-state index in [-0.39, 0.29) is 0 Å². The topological polar surface area (TPSA) is 51.8 Å². The summed E-state index contributed by atoms with van der Waals surface area (Å²) in [5, 5.41) is 0. The number of rotatable bonds is 3. The van der Waals surface area contributed by atoms with Crippen LogP contribution in [0.4, 0.5) is 5.82 Å². The fourth-order valence-corrected chi connectivity index (χ4v) is 2.68. The van der Waals surface area contributed by atoms with Crippen molar-refractivity contribution in [3.8, 4) is 11.3 Å². The summed E-state index contributed by atoms with van der Waals surface area (Å²) in [5.74, 6) is 1.37. The van der Waals surface area contributed by atoms with Crippen LogP contribution in [0.3, 0.4) is 0 Å². The maximum absolute atomic E-state index is 5.93. The lowest BCUT2D eigenvalue weighted by Crippen LogP contribution is -2.08. The van der Waals surface area contributed by atoms with Crippen LogP contribution in [-0.4, -0.2) is 9.97 Å². The lowest BCUT2D eigenvalue weighted by atomic mass is 9.80. The quantitative estimate of drug-likeness (QED) is 0.910. The molecule has 0 saturated heterocycles. The maximum Gasteiger partial charge on any atom is 0.130 e. The van der Waals surface area contributed by atoms with Gasteiger partial charge in [0.2, 0.25) is 0 Å². The van der Waals surface area contributed by atoms with Crippen LogP contribution < -0.4 is 5.73 Å². The monoisotopic (exact) mass is 253 g/mol. The number of benzene rings is 1. The van der Waals surface area contributed by atoms with E-state index < -0.39 is 0 Å². The van der Waals surface area contributed by atoms with Gasteiger partial charge < -0.3 is 5.73 Å². The molecule has 1 fully saturated rings. The summed E-state index contributed by atoms with van der Waals surface area (Å²) in [6.45, 7) is 2.08. The van der Waals surface area contributed by atoms with E-state index in [9.17, 15) is 0 Å². The molecule has 3 rings (SSSR count). The Morgan fingerprint density at radius 1 is 1.16 bits per heavy atom. The standard InChI is InChI=1S/C16H19N3/c1-2-14-15(18-10-19-16(14)17)13-8-6-12(7-9-13)11-4-3-5-11/h6-11H,2-5H2,1H3,(H2,17,18,19). The number of nitrogen functional groups attached to an aromatic ring is 1. The molecule has 1 aliphatic carbocycles. The van der Waals surface area contributed by atoms with Crippen LogP contribution in [-0.2, 0) is 6.42 Å². The molecule has 1 aromatic carbocycles. The summed E-state index contributed by atoms with van der Waals surface area (Å²) in [7, 11) is 0. The summed E-state index contributed by atoms with van der Waals surface area (Å²) in [6.07, 6.45) is 6.44. The van der Waals surface area contributed by atoms with Gasteiger partial charge in [0.1, 0.15) is 12.1 Å². The van der Waals surface area contributed by atoms with Crippen molar-refractivity contribution in [1.29, 1.82) is 0 Å². The Morgan fingerprint density at radius 3 is 2.47 bits per heavy atom. The highest BCUT2D eigenvalue weighted by Gasteiger charge is 2.19. The molecule has 1 heterocycles. The van der Waals surface area contributed by atoms with Gasteiger partial charge in [-0.05, 0) is 30.7 Å². The third-order valence-electron chi connectivity index (χ3n) is 4.09. The van der Waals surface area contributed by atoms with Crippen LogP contribution in [0.2, 0.25) is 0 Å². The van der Waals surface area contributed by atoms with Crippen molar-refractivity contribution >= 4 is 5.82 Å². The number of aromatic nitrogens is 2. The van der Waals surface area contributed by atoms with Crippen molar-refractivity contribution in [3.05, 3.63) is 41.7 Å². The Labute approximate surface area is 113 Å². The molecule has 2 aromatic rings. The number of hydrogen-bond donors (Lipinski definition) is 1. The normalized spacial score (nSPS) is 15.2. The van der Waals surface area contributed by atoms with Crippen LogP contribution in [0.5, 0.6) is 0 Å². The van der Waals surface area contributed by atoms with E-state index in [1.165, 1.54) is 24.8 Å². The average Bonchev–Trinajstić information content (AvgIpc) is 2.37. The van der Waals surface area contributed by atoms with Crippen LogP contribution in [0.1, 0.15) is 43.2 Å². The van der Waals surface area contributed by atoms with E-state index in [4.69, 9.17) is 5.73 Å². The van der Waals surface area contributed by atoms with Crippen LogP contribution in [0, 0.1) is 0 Å². The molecule has 1 aromatic heterocycles. The highest BCUT2D eigenvalue weighted by Crippen LogP contribution is 2.37. The fourth-order valence-electron chi connectivity index (χ4n) is 2.68. The molecule has 0 aliphatic heterocycles. The van der Waals surface area contributed by atoms with Gasteiger partial charge in [-0.2, -0.15) is 0 Å². The first-order chi connectivity index (χ1) is 9.29. The second-order valence-electron chi connectivity index (χ2n) is 5.19. The van der Waals surface area contributed by atoms with Gasteiger partial charge in [-0.1, -0.05) is 37.6 Å². The summed E-state index contributed by atoms with van der Waals surface area (Å²) >= 11 is 0. The van der Waals surface area contributed by atoms with E-state index in [0.29, 0.717) is 5.82 Å². The lowest BCUT2D eigenvalue weighted by molar-refractivity contribution is 0.420. The molecular weight excluding hydrogens is 234 g/mol. The van der Waals surface area contributed by atoms with Crippen molar-refractivity contribution in [1.82, 2.24) is 9.97 Å². The molecule has 0 atom stereocenters. The minimum Gasteiger partial charge on any atom is -0.383 e. The van der Waals surface area contributed by atoms with Crippen LogP contribution >= 0.6 is 0 Å². The van der Waals surface area contributed by atoms with E-state index >= 15 is 0 Å². The Kier molecular flexibility index (Phi) is 3.20. The molecular formula is C16H19N3. The van der Waals surface area contributed by atoms with E-state index in [1.807, 2.05) is 0 Å². The number of hydrogen-bond acceptors (Lipinski definition) is 3. The van der Waals surface area contributed by atoms with Gasteiger partial charge in [0, 0.05) is 11.1 Å². The molecule has 0 spiro atoms. The average molecular weight is 253 g/mol. The number of nitrogens with zero attached hydrogens (tertiary/aromatic N) is 2. The van der Waals surface area contributed by atoms with Gasteiger partial charge in [-0.25, -0.2) is 9.97 Å². The van der Waals surface area contributed by atoms with Crippen molar-refractivity contribution in [2.75, 3.05) is 5.73 Å². The second-order valence-corrected chi connectivity index (χ2v) is 5.19. The predicted octanol–water partition coefficient (Wildman–Crippen LogP) is 3.56. The molecule has 0 amide bonds. The third kappa shape index (κ3) is 2.21. The second kappa shape index (κ2) is 5.00. The molecule has 0 bridgehead atoms. The first-order valence-electron chi connectivity index (χ1n) is 6.99. The molecule has 0 unspecified atom stereocenters. The van der Waals surface area contributed by atoms with Crippen molar-refractivity contribution in [2.24, 2.45) is 0 Å². The zero-order chi connectivity index (χ0) is 13.2. The molecule has 1 saturated carbocycles. The van der Waals surface area contributed by atoms with Gasteiger partial charge >= 0.3 is 0 Å². The van der Waals surface area contributed by atoms with Crippen molar-refractivity contribution in [3.63, 3.8) is 0 Å². The van der Waals surface area contributed by atoms with Crippen molar-refractivity contribution < 1.29 is 0 Å². The number of anilines is 1. The molecule has 19 heavy (non-hydrogen) atoms. The molecule has 1 aliphatic rings. The van der Waals surface area contributed by atoms with E-state index in [0.717, 1.165) is 29.2 Å². The first kappa shape index (κ1) is 12.2. The Balaban J connectivity index is 1.95. The third-order valence-corrected chi connectivity index (χ3v) is 4.09. The minimum absolute atomic E-state index is 0.593. The maximum atomic E-state index is 5.93. The molecule has 3 nitrogen and oxygen atoms in total. The Hall–Kier alpha value is -1.90. The predicted molar refractivity (Wildman–Crippen MR) is 77.9 cm³/mol. The minimum atomic E-state index is 0.593. The Bertz CT molecular complexity index is 571. The summed E-state index contributed by atoms with van der Waals surface area (Å²) in [4.78, 5) is 8.47. The molecule has 0 radical (unpaired) electrons. The van der Waals surface area contributed by atoms with Gasteiger partial charge in [0.25, 0.3) is 0 Å². The highest BCUT2D eigenvalue weighted by atomic mass is 14.9. The van der Waals surface area contributed by atoms with Gasteiger partial charge in [-0.15, -0.1) is 0 Å². The van der Waals surface area contributed by atoms with Crippen LogP contribution in [0.15, 0.2) is 30.6 Å². The fraction of sp³-hybridized carbons (Fsp3) is 0.375. The zero-order valence-electron chi connectivity index (χ0n) is 11.3. The van der Waals surface area contributed by atoms with Gasteiger partial charge in [0.15, 0.2) is 0 Å². The van der Waals surface area contributed by atoms with E-state index in [1.54, 1.807) is 6.33 Å². The van der Waals surface area contributed by atoms with Gasteiger partial charge in [-0.3, -0.25) is 0 Å². The van der Waals surface area contributed by atoms with Crippen molar-refractivity contribution in [2.45, 2.75) is 38.5 Å². The number of nitrogens with two attached hydrogens (primary N) is 1. The van der Waals surface area contributed by atoms with Gasteiger partial charge in [0.05, 0.1) is 5.69 Å². The Morgan fingerprint density at radius 2 is 1.89 bits per heavy atom. The molecule has 2 N–H and O–H groups in total.